The Morgan fingerprint density at radius 2 is 1.36 bits per heavy atom. The minimum absolute atomic E-state index is 0.765. The molecule has 2 heteroatoms. The second-order valence-corrected chi connectivity index (χ2v) is 8.12. The fourth-order valence-electron chi connectivity index (χ4n) is 4.57. The van der Waals surface area contributed by atoms with Crippen LogP contribution in [0, 0.1) is 17.8 Å². The van der Waals surface area contributed by atoms with Gasteiger partial charge in [0.2, 0.25) is 0 Å². The van der Waals surface area contributed by atoms with Crippen LogP contribution in [0.5, 0.6) is 0 Å². The molecule has 2 fully saturated rings. The maximum absolute atomic E-state index is 6.00. The summed E-state index contributed by atoms with van der Waals surface area (Å²) in [4.78, 5) is 2.05. The van der Waals surface area contributed by atoms with E-state index in [9.17, 15) is 0 Å². The Hall–Kier alpha value is -0.270. The van der Waals surface area contributed by atoms with Gasteiger partial charge < -0.3 is 0 Å². The van der Waals surface area contributed by atoms with Crippen LogP contribution in [0.4, 0.5) is 0 Å². The highest BCUT2D eigenvalue weighted by Gasteiger charge is 2.30. The largest absolute Gasteiger partial charge is 0.0843 e. The molecule has 0 saturated heterocycles. The predicted molar refractivity (Wildman–Crippen MR) is 99.7 cm³/mol. The summed E-state index contributed by atoms with van der Waals surface area (Å²) in [6.45, 7) is 0. The van der Waals surface area contributed by atoms with E-state index in [-0.39, 0.29) is 0 Å². The van der Waals surface area contributed by atoms with E-state index in [0.29, 0.717) is 0 Å². The molecule has 22 heavy (non-hydrogen) atoms. The summed E-state index contributed by atoms with van der Waals surface area (Å²) in [5.41, 5.74) is 1.49. The lowest BCUT2D eigenvalue weighted by Gasteiger charge is -2.37. The first-order chi connectivity index (χ1) is 10.8. The first kappa shape index (κ1) is 16.6. The van der Waals surface area contributed by atoms with Crippen molar-refractivity contribution >= 4 is 27.5 Å². The van der Waals surface area contributed by atoms with Crippen molar-refractivity contribution < 1.29 is 0 Å². The van der Waals surface area contributed by atoms with Crippen LogP contribution in [0.15, 0.2) is 35.3 Å². The molecule has 0 radical (unpaired) electrons. The smallest absolute Gasteiger partial charge is 0.0406 e. The molecule has 0 nitrogen and oxygen atoms in total. The van der Waals surface area contributed by atoms with E-state index in [1.165, 1.54) is 56.9 Å². The summed E-state index contributed by atoms with van der Waals surface area (Å²) in [5.74, 6) is 3.56. The Kier molecular flexibility index (Phi) is 6.04. The van der Waals surface area contributed by atoms with E-state index in [1.807, 2.05) is 12.1 Å². The first-order valence-electron chi connectivity index (χ1n) is 8.78. The van der Waals surface area contributed by atoms with Crippen LogP contribution >= 0.6 is 27.5 Å². The van der Waals surface area contributed by atoms with E-state index in [4.69, 9.17) is 11.6 Å². The normalized spacial score (nSPS) is 33.2. The molecular formula is C20H26BrCl. The van der Waals surface area contributed by atoms with Gasteiger partial charge in [-0.15, -0.1) is 0 Å². The van der Waals surface area contributed by atoms with E-state index < -0.39 is 0 Å². The first-order valence-corrected chi connectivity index (χ1v) is 10.1. The Labute approximate surface area is 148 Å². The quantitative estimate of drug-likeness (QED) is 0.514. The maximum atomic E-state index is 6.00. The zero-order chi connectivity index (χ0) is 15.4. The summed E-state index contributed by atoms with van der Waals surface area (Å²) in [5, 5.41) is 0.853. The molecule has 0 atom stereocenters. The molecule has 0 spiro atoms. The molecule has 2 aliphatic carbocycles. The fraction of sp³-hybridized carbons (Fsp3) is 0.600. The Morgan fingerprint density at radius 3 is 1.91 bits per heavy atom. The van der Waals surface area contributed by atoms with Crippen molar-refractivity contribution in [3.8, 4) is 0 Å². The molecule has 0 aliphatic heterocycles. The minimum atomic E-state index is 0.765. The van der Waals surface area contributed by atoms with Crippen molar-refractivity contribution in [1.82, 2.24) is 0 Å². The van der Waals surface area contributed by atoms with Gasteiger partial charge in [0, 0.05) is 5.02 Å². The Morgan fingerprint density at radius 1 is 0.818 bits per heavy atom. The summed E-state index contributed by atoms with van der Waals surface area (Å²) in [7, 11) is 0. The van der Waals surface area contributed by atoms with Crippen molar-refractivity contribution in [3.05, 3.63) is 45.9 Å². The molecule has 1 aromatic rings. The van der Waals surface area contributed by atoms with E-state index in [1.54, 1.807) is 0 Å². The summed E-state index contributed by atoms with van der Waals surface area (Å²) >= 11 is 9.42. The van der Waals surface area contributed by atoms with Gasteiger partial charge in [0.1, 0.15) is 0 Å². The van der Waals surface area contributed by atoms with Crippen LogP contribution < -0.4 is 0 Å². The summed E-state index contributed by atoms with van der Waals surface area (Å²) < 4.78 is 0. The highest BCUT2D eigenvalue weighted by molar-refractivity contribution is 9.11. The Bertz CT molecular complexity index is 477. The van der Waals surface area contributed by atoms with Crippen LogP contribution in [-0.4, -0.2) is 0 Å². The summed E-state index contributed by atoms with van der Waals surface area (Å²) in [6.07, 6.45) is 13.6. The number of hydrogen-bond acceptors (Lipinski definition) is 0. The molecule has 0 heterocycles. The molecule has 0 N–H and O–H groups in total. The van der Waals surface area contributed by atoms with Gasteiger partial charge in [-0.05, 0) is 97.7 Å². The van der Waals surface area contributed by atoms with Gasteiger partial charge in [-0.3, -0.25) is 0 Å². The highest BCUT2D eigenvalue weighted by Crippen LogP contribution is 2.44. The Balaban J connectivity index is 1.49. The molecular weight excluding hydrogens is 356 g/mol. The summed E-state index contributed by atoms with van der Waals surface area (Å²) in [6, 6.07) is 8.54. The monoisotopic (exact) mass is 380 g/mol. The predicted octanol–water partition coefficient (Wildman–Crippen LogP) is 7.33. The number of halogens is 2. The van der Waals surface area contributed by atoms with Crippen molar-refractivity contribution in [2.45, 2.75) is 57.3 Å². The number of benzene rings is 1. The molecule has 0 aromatic heterocycles. The lowest BCUT2D eigenvalue weighted by molar-refractivity contribution is 0.171. The van der Waals surface area contributed by atoms with Crippen LogP contribution in [0.25, 0.3) is 0 Å². The van der Waals surface area contributed by atoms with Gasteiger partial charge in [0.05, 0.1) is 0 Å². The third kappa shape index (κ3) is 4.17. The van der Waals surface area contributed by atoms with Crippen molar-refractivity contribution in [2.24, 2.45) is 17.8 Å². The van der Waals surface area contributed by atoms with E-state index in [2.05, 4.69) is 39.1 Å². The number of rotatable bonds is 3. The van der Waals surface area contributed by atoms with Crippen LogP contribution in [0.1, 0.15) is 62.8 Å². The van der Waals surface area contributed by atoms with Crippen LogP contribution in [0.3, 0.4) is 0 Å². The van der Waals surface area contributed by atoms with Gasteiger partial charge in [-0.2, -0.15) is 0 Å². The van der Waals surface area contributed by atoms with Gasteiger partial charge in [-0.25, -0.2) is 0 Å². The molecule has 0 bridgehead atoms. The zero-order valence-corrected chi connectivity index (χ0v) is 15.5. The highest BCUT2D eigenvalue weighted by atomic mass is 79.9. The van der Waals surface area contributed by atoms with E-state index >= 15 is 0 Å². The second-order valence-electron chi connectivity index (χ2n) is 7.16. The van der Waals surface area contributed by atoms with Crippen LogP contribution in [0.2, 0.25) is 5.02 Å². The second kappa shape index (κ2) is 8.02. The fourth-order valence-corrected chi connectivity index (χ4v) is 5.13. The molecule has 0 amide bonds. The number of hydrogen-bond donors (Lipinski definition) is 0. The molecule has 0 unspecified atom stereocenters. The molecule has 1 aromatic carbocycles. The SMILES string of the molecule is Clc1ccc(C2CCC(C3CCC(/C=C/Br)CC3)CC2)cc1. The zero-order valence-electron chi connectivity index (χ0n) is 13.2. The lowest BCUT2D eigenvalue weighted by atomic mass is 9.68. The third-order valence-electron chi connectivity index (χ3n) is 5.94. The molecule has 120 valence electrons. The molecule has 2 aliphatic rings. The lowest BCUT2D eigenvalue weighted by Crippen LogP contribution is -2.25. The van der Waals surface area contributed by atoms with Gasteiger partial charge in [0.25, 0.3) is 0 Å². The number of allylic oxidation sites excluding steroid dienone is 1. The van der Waals surface area contributed by atoms with Crippen molar-refractivity contribution in [1.29, 1.82) is 0 Å². The van der Waals surface area contributed by atoms with Gasteiger partial charge >= 0.3 is 0 Å². The maximum Gasteiger partial charge on any atom is 0.0406 e. The van der Waals surface area contributed by atoms with Gasteiger partial charge in [-0.1, -0.05) is 45.7 Å². The average molecular weight is 382 g/mol. The minimum Gasteiger partial charge on any atom is -0.0843 e. The van der Waals surface area contributed by atoms with Crippen molar-refractivity contribution in [2.75, 3.05) is 0 Å². The molecule has 2 saturated carbocycles. The molecule has 3 rings (SSSR count). The van der Waals surface area contributed by atoms with Crippen LogP contribution in [-0.2, 0) is 0 Å². The average Bonchev–Trinajstić information content (AvgIpc) is 2.57. The third-order valence-corrected chi connectivity index (χ3v) is 6.50. The topological polar surface area (TPSA) is 0 Å². The van der Waals surface area contributed by atoms with Crippen molar-refractivity contribution in [3.63, 3.8) is 0 Å². The van der Waals surface area contributed by atoms with Gasteiger partial charge in [0.15, 0.2) is 0 Å². The standard InChI is InChI=1S/C20H26BrCl/c21-14-13-15-1-3-16(4-2-15)17-5-7-18(8-6-17)19-9-11-20(22)12-10-19/h9-18H,1-8H2/b14-13+. The van der Waals surface area contributed by atoms with E-state index in [0.717, 1.165) is 28.7 Å².